The SMILES string of the molecule is COC(=O)N[C@H](C(=O)N1CCC[C@H]1c1ncc(-c2ccc(-c3ccc(-c4cnc([C@@H]5CCCN5C(=O)CC(C)C)[nH]4)cc3)cc2)[nH]1)C(C)C. The quantitative estimate of drug-likeness (QED) is 0.169. The fourth-order valence-corrected chi connectivity index (χ4v) is 7.00. The summed E-state index contributed by atoms with van der Waals surface area (Å²) < 4.78 is 4.75. The highest BCUT2D eigenvalue weighted by molar-refractivity contribution is 5.86. The number of likely N-dealkylation sites (tertiary alicyclic amines) is 2. The van der Waals surface area contributed by atoms with Gasteiger partial charge in [0.05, 0.1) is 43.0 Å². The fraction of sp³-hybridized carbons (Fsp3) is 0.447. The van der Waals surface area contributed by atoms with Crippen LogP contribution in [0.3, 0.4) is 0 Å². The van der Waals surface area contributed by atoms with Crippen LogP contribution in [-0.2, 0) is 14.3 Å². The predicted molar refractivity (Wildman–Crippen MR) is 188 cm³/mol. The molecule has 0 bridgehead atoms. The van der Waals surface area contributed by atoms with Crippen LogP contribution in [0.25, 0.3) is 33.6 Å². The minimum Gasteiger partial charge on any atom is -0.453 e. The van der Waals surface area contributed by atoms with E-state index < -0.39 is 12.1 Å². The summed E-state index contributed by atoms with van der Waals surface area (Å²) in [7, 11) is 1.30. The minimum atomic E-state index is -0.671. The number of amides is 3. The van der Waals surface area contributed by atoms with Gasteiger partial charge in [-0.1, -0.05) is 76.2 Å². The molecule has 2 fully saturated rings. The van der Waals surface area contributed by atoms with Crippen molar-refractivity contribution in [2.45, 2.75) is 77.9 Å². The molecule has 3 amide bonds. The number of H-pyrrole nitrogens is 2. The van der Waals surface area contributed by atoms with Gasteiger partial charge in [0.1, 0.15) is 17.7 Å². The third-order valence-electron chi connectivity index (χ3n) is 9.63. The summed E-state index contributed by atoms with van der Waals surface area (Å²) in [6, 6.07) is 15.9. The zero-order valence-electron chi connectivity index (χ0n) is 29.0. The largest absolute Gasteiger partial charge is 0.453 e. The van der Waals surface area contributed by atoms with Crippen molar-refractivity contribution in [1.29, 1.82) is 0 Å². The van der Waals surface area contributed by atoms with E-state index in [9.17, 15) is 14.4 Å². The number of ether oxygens (including phenoxy) is 1. The summed E-state index contributed by atoms with van der Waals surface area (Å²) in [6.45, 7) is 9.37. The molecule has 11 heteroatoms. The van der Waals surface area contributed by atoms with Crippen LogP contribution in [0.5, 0.6) is 0 Å². The van der Waals surface area contributed by atoms with E-state index in [0.29, 0.717) is 18.9 Å². The number of benzene rings is 2. The Morgan fingerprint density at radius 1 is 0.776 bits per heavy atom. The maximum absolute atomic E-state index is 13.5. The third-order valence-corrected chi connectivity index (χ3v) is 9.63. The lowest BCUT2D eigenvalue weighted by atomic mass is 10.0. The molecule has 2 saturated heterocycles. The molecule has 0 saturated carbocycles. The Hall–Kier alpha value is -4.93. The number of carbonyl (C=O) groups is 3. The van der Waals surface area contributed by atoms with Gasteiger partial charge in [-0.3, -0.25) is 9.59 Å². The molecule has 0 unspecified atom stereocenters. The smallest absolute Gasteiger partial charge is 0.407 e. The first kappa shape index (κ1) is 34.0. The van der Waals surface area contributed by atoms with Gasteiger partial charge in [-0.05, 0) is 59.8 Å². The number of rotatable bonds is 10. The molecule has 2 aromatic carbocycles. The van der Waals surface area contributed by atoms with Gasteiger partial charge in [0.15, 0.2) is 0 Å². The van der Waals surface area contributed by atoms with Gasteiger partial charge in [-0.2, -0.15) is 0 Å². The zero-order chi connectivity index (χ0) is 34.7. The molecule has 2 aromatic heterocycles. The number of hydrogen-bond donors (Lipinski definition) is 3. The lowest BCUT2D eigenvalue weighted by molar-refractivity contribution is -0.135. The summed E-state index contributed by atoms with van der Waals surface area (Å²) in [5.41, 5.74) is 6.06. The molecule has 4 heterocycles. The average Bonchev–Trinajstić information content (AvgIpc) is 3.93. The highest BCUT2D eigenvalue weighted by Gasteiger charge is 2.37. The Labute approximate surface area is 287 Å². The van der Waals surface area contributed by atoms with E-state index in [1.165, 1.54) is 7.11 Å². The third kappa shape index (κ3) is 7.40. The first-order chi connectivity index (χ1) is 23.6. The Bertz CT molecular complexity index is 1760. The number of alkyl carbamates (subject to hydrolysis) is 1. The highest BCUT2D eigenvalue weighted by Crippen LogP contribution is 2.35. The predicted octanol–water partition coefficient (Wildman–Crippen LogP) is 6.89. The van der Waals surface area contributed by atoms with E-state index in [1.807, 2.05) is 36.0 Å². The van der Waals surface area contributed by atoms with E-state index in [4.69, 9.17) is 4.74 Å². The molecule has 0 aliphatic carbocycles. The molecule has 258 valence electrons. The number of imidazole rings is 2. The summed E-state index contributed by atoms with van der Waals surface area (Å²) >= 11 is 0. The van der Waals surface area contributed by atoms with Crippen LogP contribution in [0.1, 0.15) is 83.5 Å². The molecular formula is C38H47N7O4. The molecule has 2 aliphatic rings. The standard InChI is InChI=1S/C38H47N7O4/c1-23(2)20-33(46)44-18-6-8-31(44)35-39-21-29(41-35)27-14-10-25(11-15-27)26-12-16-28(17-13-26)30-22-40-36(42-30)32-9-7-19-45(32)37(47)34(24(3)4)43-38(48)49-5/h10-17,21-24,31-32,34H,6-9,18-20H2,1-5H3,(H,39,41)(H,40,42)(H,43,48)/t31-,32-,34-/m0/s1. The lowest BCUT2D eigenvalue weighted by Crippen LogP contribution is -2.51. The van der Waals surface area contributed by atoms with Gasteiger partial charge in [0.2, 0.25) is 11.8 Å². The Morgan fingerprint density at radius 3 is 1.71 bits per heavy atom. The maximum atomic E-state index is 13.5. The van der Waals surface area contributed by atoms with E-state index >= 15 is 0 Å². The second-order valence-electron chi connectivity index (χ2n) is 13.9. The molecule has 4 aromatic rings. The van der Waals surface area contributed by atoms with Crippen LogP contribution in [0, 0.1) is 11.8 Å². The molecule has 3 N–H and O–H groups in total. The first-order valence-electron chi connectivity index (χ1n) is 17.4. The topological polar surface area (TPSA) is 136 Å². The number of carbonyl (C=O) groups excluding carboxylic acids is 3. The van der Waals surface area contributed by atoms with Crippen molar-refractivity contribution in [3.05, 3.63) is 72.6 Å². The van der Waals surface area contributed by atoms with E-state index in [0.717, 1.165) is 77.5 Å². The molecule has 0 spiro atoms. The zero-order valence-corrected chi connectivity index (χ0v) is 29.0. The Morgan fingerprint density at radius 2 is 1.24 bits per heavy atom. The number of aromatic nitrogens is 4. The molecule has 2 aliphatic heterocycles. The number of hydrogen-bond acceptors (Lipinski definition) is 6. The first-order valence-corrected chi connectivity index (χ1v) is 17.4. The number of methoxy groups -OCH3 is 1. The highest BCUT2D eigenvalue weighted by atomic mass is 16.5. The van der Waals surface area contributed by atoms with E-state index in [2.05, 4.69) is 87.6 Å². The second-order valence-corrected chi connectivity index (χ2v) is 13.9. The van der Waals surface area contributed by atoms with Gasteiger partial charge in [-0.15, -0.1) is 0 Å². The van der Waals surface area contributed by atoms with Crippen LogP contribution in [0.15, 0.2) is 60.9 Å². The monoisotopic (exact) mass is 665 g/mol. The van der Waals surface area contributed by atoms with Crippen molar-refractivity contribution in [2.75, 3.05) is 20.2 Å². The second kappa shape index (κ2) is 14.7. The van der Waals surface area contributed by atoms with Gasteiger partial charge in [-0.25, -0.2) is 14.8 Å². The average molecular weight is 666 g/mol. The lowest BCUT2D eigenvalue weighted by Gasteiger charge is -2.30. The van der Waals surface area contributed by atoms with Crippen LogP contribution in [0.2, 0.25) is 0 Å². The molecule has 49 heavy (non-hydrogen) atoms. The molecule has 0 radical (unpaired) electrons. The Kier molecular flexibility index (Phi) is 10.2. The van der Waals surface area contributed by atoms with Crippen molar-refractivity contribution in [1.82, 2.24) is 35.1 Å². The number of aromatic amines is 2. The number of nitrogens with zero attached hydrogens (tertiary/aromatic N) is 4. The maximum Gasteiger partial charge on any atom is 0.407 e. The van der Waals surface area contributed by atoms with Gasteiger partial charge in [0.25, 0.3) is 0 Å². The summed E-state index contributed by atoms with van der Waals surface area (Å²) in [4.78, 5) is 58.3. The Balaban J connectivity index is 1.11. The summed E-state index contributed by atoms with van der Waals surface area (Å²) in [5.74, 6) is 1.92. The van der Waals surface area contributed by atoms with Gasteiger partial charge >= 0.3 is 6.09 Å². The van der Waals surface area contributed by atoms with Crippen LogP contribution in [0.4, 0.5) is 4.79 Å². The van der Waals surface area contributed by atoms with Crippen molar-refractivity contribution < 1.29 is 19.1 Å². The van der Waals surface area contributed by atoms with E-state index in [-0.39, 0.29) is 29.8 Å². The van der Waals surface area contributed by atoms with Crippen molar-refractivity contribution in [3.63, 3.8) is 0 Å². The van der Waals surface area contributed by atoms with Crippen molar-refractivity contribution >= 4 is 17.9 Å². The number of nitrogens with one attached hydrogen (secondary N) is 3. The molecule has 6 rings (SSSR count). The molecular weight excluding hydrogens is 618 g/mol. The fourth-order valence-electron chi connectivity index (χ4n) is 7.00. The molecule has 3 atom stereocenters. The summed E-state index contributed by atoms with van der Waals surface area (Å²) in [5, 5.41) is 2.70. The minimum absolute atomic E-state index is 0.0101. The van der Waals surface area contributed by atoms with Crippen molar-refractivity contribution in [2.24, 2.45) is 11.8 Å². The molecule has 11 nitrogen and oxygen atoms in total. The van der Waals surface area contributed by atoms with Crippen LogP contribution >= 0.6 is 0 Å². The van der Waals surface area contributed by atoms with Crippen molar-refractivity contribution in [3.8, 4) is 33.6 Å². The van der Waals surface area contributed by atoms with E-state index in [1.54, 1.807) is 0 Å². The van der Waals surface area contributed by atoms with Crippen LogP contribution < -0.4 is 5.32 Å². The van der Waals surface area contributed by atoms with Gasteiger partial charge < -0.3 is 29.8 Å². The van der Waals surface area contributed by atoms with Gasteiger partial charge in [0, 0.05) is 19.5 Å². The summed E-state index contributed by atoms with van der Waals surface area (Å²) in [6.07, 6.45) is 7.22. The normalized spacial score (nSPS) is 18.3. The van der Waals surface area contributed by atoms with Crippen LogP contribution in [-0.4, -0.2) is 73.9 Å².